The van der Waals surface area contributed by atoms with Crippen molar-refractivity contribution in [2.45, 2.75) is 37.1 Å². The third-order valence-electron chi connectivity index (χ3n) is 4.14. The number of amides is 1. The molecular formula is C17H18F3N3OS. The van der Waals surface area contributed by atoms with Gasteiger partial charge < -0.3 is 5.32 Å². The van der Waals surface area contributed by atoms with E-state index in [1.54, 1.807) is 10.7 Å². The summed E-state index contributed by atoms with van der Waals surface area (Å²) >= 11 is -0.347. The second-order valence-corrected chi connectivity index (χ2v) is 7.01. The minimum Gasteiger partial charge on any atom is -0.310 e. The summed E-state index contributed by atoms with van der Waals surface area (Å²) in [6.45, 7) is 0. The van der Waals surface area contributed by atoms with Crippen molar-refractivity contribution in [1.82, 2.24) is 9.78 Å². The Labute approximate surface area is 147 Å². The van der Waals surface area contributed by atoms with E-state index >= 15 is 0 Å². The van der Waals surface area contributed by atoms with Crippen molar-refractivity contribution in [3.63, 3.8) is 0 Å². The number of rotatable bonds is 5. The van der Waals surface area contributed by atoms with Crippen molar-refractivity contribution in [1.29, 1.82) is 0 Å². The Morgan fingerprint density at radius 1 is 1.24 bits per heavy atom. The van der Waals surface area contributed by atoms with Crippen LogP contribution in [0.15, 0.2) is 36.4 Å². The molecule has 0 aliphatic heterocycles. The van der Waals surface area contributed by atoms with E-state index in [0.29, 0.717) is 11.7 Å². The molecule has 1 amide bonds. The second kappa shape index (κ2) is 7.51. The van der Waals surface area contributed by atoms with Gasteiger partial charge in [-0.15, -0.1) is 0 Å². The molecule has 1 heterocycles. The maximum atomic E-state index is 12.3. The van der Waals surface area contributed by atoms with Crippen molar-refractivity contribution in [3.05, 3.63) is 42.1 Å². The van der Waals surface area contributed by atoms with Gasteiger partial charge in [0.25, 0.3) is 0 Å². The predicted octanol–water partition coefficient (Wildman–Crippen LogP) is 4.72. The molecule has 3 rings (SSSR count). The van der Waals surface area contributed by atoms with Crippen LogP contribution in [0.25, 0.3) is 5.69 Å². The monoisotopic (exact) mass is 369 g/mol. The molecular weight excluding hydrogens is 351 g/mol. The molecule has 1 aliphatic rings. The third-order valence-corrected chi connectivity index (χ3v) is 4.87. The van der Waals surface area contributed by atoms with Gasteiger partial charge in [-0.3, -0.25) is 4.79 Å². The zero-order valence-electron chi connectivity index (χ0n) is 13.4. The number of benzene rings is 1. The van der Waals surface area contributed by atoms with Crippen LogP contribution in [0, 0.1) is 0 Å². The van der Waals surface area contributed by atoms with E-state index in [-0.39, 0.29) is 11.8 Å². The average Bonchev–Trinajstić information content (AvgIpc) is 3.22. The largest absolute Gasteiger partial charge is 0.442 e. The summed E-state index contributed by atoms with van der Waals surface area (Å²) in [7, 11) is 0. The fourth-order valence-electron chi connectivity index (χ4n) is 3.00. The molecule has 1 aromatic heterocycles. The summed E-state index contributed by atoms with van der Waals surface area (Å²) in [5, 5.41) is 7.16. The molecule has 0 bridgehead atoms. The van der Waals surface area contributed by atoms with Crippen molar-refractivity contribution < 1.29 is 18.0 Å². The highest BCUT2D eigenvalue weighted by Crippen LogP contribution is 2.35. The maximum Gasteiger partial charge on any atom is 0.442 e. The fraction of sp³-hybridized carbons (Fsp3) is 0.412. The lowest BCUT2D eigenvalue weighted by Gasteiger charge is -2.09. The first-order chi connectivity index (χ1) is 11.9. The highest BCUT2D eigenvalue weighted by molar-refractivity contribution is 8.00. The molecule has 0 unspecified atom stereocenters. The lowest BCUT2D eigenvalue weighted by molar-refractivity contribution is -0.114. The highest BCUT2D eigenvalue weighted by Gasteiger charge is 2.29. The van der Waals surface area contributed by atoms with Gasteiger partial charge in [0.2, 0.25) is 5.91 Å². The molecule has 8 heteroatoms. The van der Waals surface area contributed by atoms with Crippen LogP contribution in [0.5, 0.6) is 0 Å². The molecule has 2 aromatic rings. The lowest BCUT2D eigenvalue weighted by atomic mass is 10.0. The smallest absolute Gasteiger partial charge is 0.310 e. The Morgan fingerprint density at radius 3 is 2.56 bits per heavy atom. The number of nitrogens with zero attached hydrogens (tertiary/aromatic N) is 2. The molecule has 0 saturated heterocycles. The SMILES string of the molecule is O=C(CSC(F)(F)F)Nc1cc(C2CCCC2)nn1-c1ccccc1. The summed E-state index contributed by atoms with van der Waals surface area (Å²) < 4.78 is 38.4. The summed E-state index contributed by atoms with van der Waals surface area (Å²) in [6.07, 6.45) is 4.38. The van der Waals surface area contributed by atoms with Crippen LogP contribution in [0.1, 0.15) is 37.3 Å². The van der Waals surface area contributed by atoms with E-state index in [4.69, 9.17) is 0 Å². The number of para-hydroxylation sites is 1. The normalized spacial score (nSPS) is 15.5. The molecule has 1 N–H and O–H groups in total. The number of halogens is 3. The van der Waals surface area contributed by atoms with Crippen LogP contribution in [0.3, 0.4) is 0 Å². The Bertz CT molecular complexity index is 724. The number of thioether (sulfide) groups is 1. The Balaban J connectivity index is 1.82. The number of anilines is 1. The first-order valence-electron chi connectivity index (χ1n) is 8.08. The Hall–Kier alpha value is -1.96. The van der Waals surface area contributed by atoms with Gasteiger partial charge in [0.15, 0.2) is 0 Å². The van der Waals surface area contributed by atoms with Crippen LogP contribution in [0.4, 0.5) is 19.0 Å². The summed E-state index contributed by atoms with van der Waals surface area (Å²) in [4.78, 5) is 11.9. The van der Waals surface area contributed by atoms with Gasteiger partial charge in [-0.05, 0) is 36.7 Å². The molecule has 0 spiro atoms. The topological polar surface area (TPSA) is 46.9 Å². The molecule has 4 nitrogen and oxygen atoms in total. The Morgan fingerprint density at radius 2 is 1.92 bits per heavy atom. The van der Waals surface area contributed by atoms with Crippen LogP contribution >= 0.6 is 11.8 Å². The molecule has 134 valence electrons. The number of aromatic nitrogens is 2. The van der Waals surface area contributed by atoms with Gasteiger partial charge in [0.05, 0.1) is 17.1 Å². The number of carbonyl (C=O) groups is 1. The van der Waals surface area contributed by atoms with E-state index in [1.807, 2.05) is 30.3 Å². The van der Waals surface area contributed by atoms with Gasteiger partial charge in [-0.2, -0.15) is 18.3 Å². The quantitative estimate of drug-likeness (QED) is 0.829. The van der Waals surface area contributed by atoms with Crippen LogP contribution in [-0.2, 0) is 4.79 Å². The van der Waals surface area contributed by atoms with E-state index in [2.05, 4.69) is 10.4 Å². The fourth-order valence-corrected chi connectivity index (χ4v) is 3.37. The van der Waals surface area contributed by atoms with E-state index in [1.165, 1.54) is 0 Å². The van der Waals surface area contributed by atoms with E-state index in [0.717, 1.165) is 37.1 Å². The maximum absolute atomic E-state index is 12.3. The zero-order chi connectivity index (χ0) is 17.9. The third kappa shape index (κ3) is 4.78. The number of nitrogens with one attached hydrogen (secondary N) is 1. The predicted molar refractivity (Wildman–Crippen MR) is 91.9 cm³/mol. The molecule has 1 aromatic carbocycles. The molecule has 1 saturated carbocycles. The van der Waals surface area contributed by atoms with Gasteiger partial charge in [-0.25, -0.2) is 4.68 Å². The summed E-state index contributed by atoms with van der Waals surface area (Å²) in [5.41, 5.74) is -2.79. The Kier molecular flexibility index (Phi) is 5.36. The van der Waals surface area contributed by atoms with Crippen molar-refractivity contribution >= 4 is 23.5 Å². The van der Waals surface area contributed by atoms with Crippen LogP contribution in [-0.4, -0.2) is 26.9 Å². The second-order valence-electron chi connectivity index (χ2n) is 5.97. The first kappa shape index (κ1) is 17.8. The van der Waals surface area contributed by atoms with Gasteiger partial charge in [-0.1, -0.05) is 31.0 Å². The number of hydrogen-bond donors (Lipinski definition) is 1. The van der Waals surface area contributed by atoms with Gasteiger partial charge in [0, 0.05) is 12.0 Å². The van der Waals surface area contributed by atoms with E-state index < -0.39 is 17.2 Å². The van der Waals surface area contributed by atoms with Crippen molar-refractivity contribution in [3.8, 4) is 5.69 Å². The first-order valence-corrected chi connectivity index (χ1v) is 9.07. The molecule has 0 atom stereocenters. The molecule has 25 heavy (non-hydrogen) atoms. The highest BCUT2D eigenvalue weighted by atomic mass is 32.2. The summed E-state index contributed by atoms with van der Waals surface area (Å²) in [6, 6.07) is 11.0. The van der Waals surface area contributed by atoms with Crippen molar-refractivity contribution in [2.75, 3.05) is 11.1 Å². The number of carbonyl (C=O) groups excluding carboxylic acids is 1. The number of hydrogen-bond acceptors (Lipinski definition) is 3. The lowest BCUT2D eigenvalue weighted by Crippen LogP contribution is -2.19. The minimum atomic E-state index is -4.42. The van der Waals surface area contributed by atoms with Crippen LogP contribution < -0.4 is 5.32 Å². The van der Waals surface area contributed by atoms with Crippen LogP contribution in [0.2, 0.25) is 0 Å². The van der Waals surface area contributed by atoms with E-state index in [9.17, 15) is 18.0 Å². The zero-order valence-corrected chi connectivity index (χ0v) is 14.2. The standard InChI is InChI=1S/C17H18F3N3OS/c18-17(19,20)25-11-16(24)21-15-10-14(12-6-4-5-7-12)22-23(15)13-8-2-1-3-9-13/h1-3,8-10,12H,4-7,11H2,(H,21,24). The van der Waals surface area contributed by atoms with Gasteiger partial charge in [0.1, 0.15) is 5.82 Å². The molecule has 0 radical (unpaired) electrons. The minimum absolute atomic E-state index is 0.338. The summed E-state index contributed by atoms with van der Waals surface area (Å²) in [5.74, 6) is -0.634. The molecule has 1 aliphatic carbocycles. The van der Waals surface area contributed by atoms with Gasteiger partial charge >= 0.3 is 5.51 Å². The molecule has 1 fully saturated rings. The average molecular weight is 369 g/mol. The van der Waals surface area contributed by atoms with Crippen molar-refractivity contribution in [2.24, 2.45) is 0 Å². The number of alkyl halides is 3.